The van der Waals surface area contributed by atoms with E-state index >= 15 is 0 Å². The van der Waals surface area contributed by atoms with Gasteiger partial charge in [0.25, 0.3) is 0 Å². The Morgan fingerprint density at radius 2 is 1.20 bits per heavy atom. The Hall–Kier alpha value is 2.86. The Morgan fingerprint density at radius 3 is 1.20 bits per heavy atom. The van der Waals surface area contributed by atoms with Crippen LogP contribution in [0.3, 0.4) is 0 Å². The summed E-state index contributed by atoms with van der Waals surface area (Å²) in [4.78, 5) is 0. The van der Waals surface area contributed by atoms with Gasteiger partial charge >= 0.3 is 85.5 Å². The van der Waals surface area contributed by atoms with Crippen LogP contribution in [0.25, 0.3) is 0 Å². The van der Waals surface area contributed by atoms with E-state index in [1.807, 2.05) is 0 Å². The van der Waals surface area contributed by atoms with Gasteiger partial charge in [0.15, 0.2) is 0 Å². The molecule has 0 bridgehead atoms. The molecule has 0 spiro atoms. The van der Waals surface area contributed by atoms with Crippen LogP contribution in [-0.4, -0.2) is 92.6 Å². The fourth-order valence-corrected chi connectivity index (χ4v) is 0. The van der Waals surface area contributed by atoms with Crippen LogP contribution in [0.2, 0.25) is 0 Å². The van der Waals surface area contributed by atoms with E-state index in [4.69, 9.17) is 17.5 Å². The minimum atomic E-state index is -4.67. The van der Waals surface area contributed by atoms with Crippen molar-refractivity contribution in [1.82, 2.24) is 0 Å². The molecule has 0 aromatic heterocycles. The van der Waals surface area contributed by atoms with Crippen molar-refractivity contribution in [2.24, 2.45) is 0 Å². The van der Waals surface area contributed by atoms with E-state index in [1.54, 1.807) is 0 Å². The molecular weight excluding hydrogens is 529 g/mol. The maximum absolute atomic E-state index is 8.74. The summed E-state index contributed by atoms with van der Waals surface area (Å²) in [5.41, 5.74) is 0. The predicted molar refractivity (Wildman–Crippen MR) is 45.5 cm³/mol. The summed E-state index contributed by atoms with van der Waals surface area (Å²) < 4.78 is 34.8. The molecule has 0 atom stereocenters. The molecule has 64 valence electrons. The van der Waals surface area contributed by atoms with E-state index in [-0.39, 0.29) is 75.1 Å². The van der Waals surface area contributed by atoms with Gasteiger partial charge in [0, 0.05) is 0 Å². The van der Waals surface area contributed by atoms with Crippen molar-refractivity contribution in [3.63, 3.8) is 0 Å². The molecule has 0 radical (unpaired) electrons. The molecule has 0 aliphatic heterocycles. The first-order valence-electron chi connectivity index (χ1n) is 1.01. The molecule has 0 rings (SSSR count). The maximum atomic E-state index is 8.74. The topological polar surface area (TPSA) is 83.8 Å². The average Bonchev–Trinajstić information content (AvgIpc) is 1.27. The first-order chi connectivity index (χ1) is 3.41. The second kappa shape index (κ2) is 14.4. The molecule has 0 aliphatic rings. The zero-order valence-electron chi connectivity index (χ0n) is 3.99. The third-order valence-electron chi connectivity index (χ3n) is 0. The van der Waals surface area contributed by atoms with Crippen LogP contribution in [0.4, 0.5) is 0 Å². The third-order valence-corrected chi connectivity index (χ3v) is 0. The monoisotopic (exact) mass is 536 g/mol. The number of hydrogen-bond donors (Lipinski definition) is 2. The van der Waals surface area contributed by atoms with E-state index in [0.717, 1.165) is 0 Å². The van der Waals surface area contributed by atoms with Crippen molar-refractivity contribution in [3.8, 4) is 0 Å². The molecule has 0 aliphatic carbocycles. The summed E-state index contributed by atoms with van der Waals surface area (Å²) in [7, 11) is -4.67. The molecule has 0 amide bonds. The molecule has 0 heterocycles. The van der Waals surface area contributed by atoms with E-state index in [1.165, 1.54) is 0 Å². The Bertz CT molecular complexity index is 114. The fraction of sp³-hybridized carbons (Fsp3) is 0. The first kappa shape index (κ1) is 23.0. The van der Waals surface area contributed by atoms with Crippen LogP contribution in [0.1, 0.15) is 0 Å². The summed E-state index contributed by atoms with van der Waals surface area (Å²) in [6.07, 6.45) is 0. The van der Waals surface area contributed by atoms with Crippen LogP contribution in [0, 0.1) is 0 Å². The van der Waals surface area contributed by atoms with Gasteiger partial charge in [-0.2, -0.15) is 12.3 Å². The zero-order chi connectivity index (χ0) is 7.21. The molecule has 0 aromatic carbocycles. The van der Waals surface area contributed by atoms with Crippen molar-refractivity contribution in [2.45, 2.75) is 0 Å². The van der Waals surface area contributed by atoms with Gasteiger partial charge in [-0.15, -0.1) is 0 Å². The third kappa shape index (κ3) is 129. The quantitative estimate of drug-likeness (QED) is 0.293. The molecule has 5 nitrogen and oxygen atoms in total. The van der Waals surface area contributed by atoms with Crippen molar-refractivity contribution < 1.29 is 21.4 Å². The van der Waals surface area contributed by atoms with Crippen LogP contribution in [0.15, 0.2) is 0 Å². The molecular formula is H7BaBiCl2O5S. The standard InChI is InChI=1S/Ba.Bi.Cl2O.H2O4S.5H/c;;1-3-2;1-5(2,3)4;;;;;/h;;;(H2,1,2,3,4);;;;;. The van der Waals surface area contributed by atoms with E-state index in [0.29, 0.717) is 0 Å². The summed E-state index contributed by atoms with van der Waals surface area (Å²) in [5.74, 6) is 0. The Labute approximate surface area is 128 Å². The molecule has 2 N–H and O–H groups in total. The molecule has 0 saturated carbocycles. The number of rotatable bonds is 0. The predicted octanol–water partition coefficient (Wildman–Crippen LogP) is -1.44. The Kier molecular flexibility index (Phi) is 33.2. The minimum absolute atomic E-state index is 0. The molecule has 10 heteroatoms. The zero-order valence-corrected chi connectivity index (χ0v) is 11.8. The second-order valence-corrected chi connectivity index (χ2v) is 1.87. The summed E-state index contributed by atoms with van der Waals surface area (Å²) in [5, 5.41) is 0. The van der Waals surface area contributed by atoms with E-state index in [9.17, 15) is 0 Å². The summed E-state index contributed by atoms with van der Waals surface area (Å²) in [6, 6.07) is 0. The van der Waals surface area contributed by atoms with Crippen molar-refractivity contribution in [2.75, 3.05) is 0 Å². The average molecular weight is 536 g/mol. The van der Waals surface area contributed by atoms with Gasteiger partial charge in [-0.05, 0) is 0 Å². The fourth-order valence-electron chi connectivity index (χ4n) is 0. The van der Waals surface area contributed by atoms with Crippen LogP contribution >= 0.6 is 23.7 Å². The number of halogens is 2. The van der Waals surface area contributed by atoms with Gasteiger partial charge in [-0.3, -0.25) is 9.11 Å². The molecule has 0 fully saturated rings. The van der Waals surface area contributed by atoms with Crippen molar-refractivity contribution in [1.29, 1.82) is 0 Å². The molecule has 0 saturated heterocycles. The van der Waals surface area contributed by atoms with Crippen LogP contribution in [0.5, 0.6) is 0 Å². The Balaban J connectivity index is -0.0000000326. The van der Waals surface area contributed by atoms with Gasteiger partial charge in [-0.1, -0.05) is 0 Å². The molecule has 0 unspecified atom stereocenters. The first-order valence-corrected chi connectivity index (χ1v) is 3.02. The van der Waals surface area contributed by atoms with Crippen LogP contribution in [-0.2, 0) is 14.2 Å². The summed E-state index contributed by atoms with van der Waals surface area (Å²) >= 11 is 8.53. The van der Waals surface area contributed by atoms with Gasteiger partial charge < -0.3 is 0 Å². The van der Waals surface area contributed by atoms with Gasteiger partial charge in [0.05, 0.1) is 23.7 Å². The van der Waals surface area contributed by atoms with Gasteiger partial charge in [-0.25, -0.2) is 0 Å². The normalized spacial score (nSPS) is 7.60. The molecule has 0 aromatic rings. The van der Waals surface area contributed by atoms with Gasteiger partial charge in [0.1, 0.15) is 0 Å². The Morgan fingerprint density at radius 1 is 1.20 bits per heavy atom. The van der Waals surface area contributed by atoms with Crippen molar-refractivity contribution >= 4 is 109 Å². The van der Waals surface area contributed by atoms with Crippen LogP contribution < -0.4 is 0 Å². The van der Waals surface area contributed by atoms with Gasteiger partial charge in [0.2, 0.25) is 0 Å². The summed E-state index contributed by atoms with van der Waals surface area (Å²) in [6.45, 7) is 0. The SMILES string of the molecule is ClOCl.O=S(=O)(O)O.[BaH2].[BiH3]. The number of hydrogen-bond acceptors (Lipinski definition) is 3. The van der Waals surface area contributed by atoms with E-state index < -0.39 is 10.4 Å². The second-order valence-electron chi connectivity index (χ2n) is 0.506. The molecule has 10 heavy (non-hydrogen) atoms. The van der Waals surface area contributed by atoms with E-state index in [2.05, 4.69) is 27.6 Å². The van der Waals surface area contributed by atoms with Crippen molar-refractivity contribution in [3.05, 3.63) is 0 Å².